The molecule has 4 heteroatoms. The lowest BCUT2D eigenvalue weighted by Gasteiger charge is -2.05. The van der Waals surface area contributed by atoms with Gasteiger partial charge < -0.3 is 0 Å². The standard InChI is InChI=1S/C14H9Br2ClO/c15-10-4-5-13(16)12(8-10)14(18)7-9-2-1-3-11(17)6-9/h1-6,8H,7H2. The van der Waals surface area contributed by atoms with Crippen LogP contribution in [-0.2, 0) is 6.42 Å². The Hall–Kier alpha value is -0.640. The zero-order valence-electron chi connectivity index (χ0n) is 9.29. The summed E-state index contributed by atoms with van der Waals surface area (Å²) in [4.78, 5) is 12.2. The highest BCUT2D eigenvalue weighted by Gasteiger charge is 2.11. The summed E-state index contributed by atoms with van der Waals surface area (Å²) >= 11 is 12.7. The van der Waals surface area contributed by atoms with Gasteiger partial charge in [-0.05, 0) is 35.9 Å². The first kappa shape index (κ1) is 13.8. The number of Topliss-reactive ketones (excluding diaryl/α,β-unsaturated/α-hetero) is 1. The summed E-state index contributed by atoms with van der Waals surface area (Å²) < 4.78 is 1.69. The SMILES string of the molecule is O=C(Cc1cccc(Cl)c1)c1cc(Br)ccc1Br. The van der Waals surface area contributed by atoms with Crippen molar-refractivity contribution >= 4 is 49.2 Å². The molecule has 18 heavy (non-hydrogen) atoms. The zero-order chi connectivity index (χ0) is 13.1. The second-order valence-electron chi connectivity index (χ2n) is 3.85. The van der Waals surface area contributed by atoms with Crippen molar-refractivity contribution in [1.82, 2.24) is 0 Å². The molecule has 0 aromatic heterocycles. The van der Waals surface area contributed by atoms with Gasteiger partial charge in [-0.1, -0.05) is 55.6 Å². The molecule has 0 unspecified atom stereocenters. The molecule has 92 valence electrons. The molecule has 0 spiro atoms. The van der Waals surface area contributed by atoms with Crippen LogP contribution in [0.3, 0.4) is 0 Å². The van der Waals surface area contributed by atoms with Crippen LogP contribution >= 0.6 is 43.5 Å². The quantitative estimate of drug-likeness (QED) is 0.653. The Morgan fingerprint density at radius 3 is 2.61 bits per heavy atom. The molecule has 0 radical (unpaired) electrons. The normalized spacial score (nSPS) is 10.4. The van der Waals surface area contributed by atoms with Gasteiger partial charge in [-0.3, -0.25) is 4.79 Å². The molecule has 2 rings (SSSR count). The fourth-order valence-corrected chi connectivity index (χ4v) is 2.68. The molecule has 0 bridgehead atoms. The van der Waals surface area contributed by atoms with Crippen LogP contribution in [0, 0.1) is 0 Å². The third-order valence-corrected chi connectivity index (χ3v) is 3.90. The average molecular weight is 388 g/mol. The Morgan fingerprint density at radius 2 is 1.89 bits per heavy atom. The lowest BCUT2D eigenvalue weighted by molar-refractivity contribution is 0.0992. The molecule has 0 N–H and O–H groups in total. The van der Waals surface area contributed by atoms with Crippen LogP contribution in [0.1, 0.15) is 15.9 Å². The first-order chi connectivity index (χ1) is 8.56. The predicted molar refractivity (Wildman–Crippen MR) is 81.3 cm³/mol. The minimum Gasteiger partial charge on any atom is -0.294 e. The van der Waals surface area contributed by atoms with E-state index in [0.717, 1.165) is 14.5 Å². The number of hydrogen-bond acceptors (Lipinski definition) is 1. The Labute approximate surface area is 127 Å². The Bertz CT molecular complexity index is 596. The fraction of sp³-hybridized carbons (Fsp3) is 0.0714. The minimum atomic E-state index is 0.0606. The van der Waals surface area contributed by atoms with Gasteiger partial charge in [0.15, 0.2) is 5.78 Å². The van der Waals surface area contributed by atoms with Gasteiger partial charge in [0.2, 0.25) is 0 Å². The Morgan fingerprint density at radius 1 is 1.11 bits per heavy atom. The molecule has 2 aromatic rings. The van der Waals surface area contributed by atoms with Gasteiger partial charge in [-0.15, -0.1) is 0 Å². The zero-order valence-corrected chi connectivity index (χ0v) is 13.2. The van der Waals surface area contributed by atoms with Gasteiger partial charge >= 0.3 is 0 Å². The van der Waals surface area contributed by atoms with Crippen LogP contribution in [0.15, 0.2) is 51.4 Å². The van der Waals surface area contributed by atoms with Crippen molar-refractivity contribution < 1.29 is 4.79 Å². The van der Waals surface area contributed by atoms with E-state index in [9.17, 15) is 4.79 Å². The van der Waals surface area contributed by atoms with Crippen LogP contribution in [0.5, 0.6) is 0 Å². The van der Waals surface area contributed by atoms with E-state index in [2.05, 4.69) is 31.9 Å². The Balaban J connectivity index is 2.24. The van der Waals surface area contributed by atoms with Gasteiger partial charge in [0.05, 0.1) is 0 Å². The van der Waals surface area contributed by atoms with E-state index in [1.54, 1.807) is 6.07 Å². The van der Waals surface area contributed by atoms with Crippen LogP contribution < -0.4 is 0 Å². The van der Waals surface area contributed by atoms with Crippen molar-refractivity contribution in [3.05, 3.63) is 67.6 Å². The summed E-state index contributed by atoms with van der Waals surface area (Å²) in [7, 11) is 0. The maximum Gasteiger partial charge on any atom is 0.168 e. The van der Waals surface area contributed by atoms with Crippen molar-refractivity contribution in [3.8, 4) is 0 Å². The summed E-state index contributed by atoms with van der Waals surface area (Å²) in [6.45, 7) is 0. The summed E-state index contributed by atoms with van der Waals surface area (Å²) in [6.07, 6.45) is 0.343. The molecule has 0 aliphatic heterocycles. The van der Waals surface area contributed by atoms with E-state index in [4.69, 9.17) is 11.6 Å². The average Bonchev–Trinajstić information content (AvgIpc) is 2.32. The second-order valence-corrected chi connectivity index (χ2v) is 6.06. The summed E-state index contributed by atoms with van der Waals surface area (Å²) in [5.74, 6) is 0.0606. The minimum absolute atomic E-state index is 0.0606. The van der Waals surface area contributed by atoms with Crippen molar-refractivity contribution in [3.63, 3.8) is 0 Å². The molecule has 0 aliphatic rings. The summed E-state index contributed by atoms with van der Waals surface area (Å²) in [5, 5.41) is 0.647. The lowest BCUT2D eigenvalue weighted by atomic mass is 10.0. The third kappa shape index (κ3) is 3.44. The fourth-order valence-electron chi connectivity index (χ4n) is 1.64. The third-order valence-electron chi connectivity index (χ3n) is 2.48. The van der Waals surface area contributed by atoms with Crippen molar-refractivity contribution in [2.75, 3.05) is 0 Å². The van der Waals surface area contributed by atoms with E-state index in [1.165, 1.54) is 0 Å². The summed E-state index contributed by atoms with van der Waals surface area (Å²) in [5.41, 5.74) is 1.59. The molecule has 0 heterocycles. The highest BCUT2D eigenvalue weighted by molar-refractivity contribution is 9.11. The van der Waals surface area contributed by atoms with Gasteiger partial charge in [0, 0.05) is 26.0 Å². The van der Waals surface area contributed by atoms with Gasteiger partial charge in [0.1, 0.15) is 0 Å². The lowest BCUT2D eigenvalue weighted by Crippen LogP contribution is -2.04. The molecule has 0 amide bonds. The van der Waals surface area contributed by atoms with Crippen molar-refractivity contribution in [2.24, 2.45) is 0 Å². The number of carbonyl (C=O) groups is 1. The molecular weight excluding hydrogens is 379 g/mol. The molecule has 1 nitrogen and oxygen atoms in total. The monoisotopic (exact) mass is 386 g/mol. The smallest absolute Gasteiger partial charge is 0.168 e. The van der Waals surface area contributed by atoms with Gasteiger partial charge in [-0.2, -0.15) is 0 Å². The number of halogens is 3. The molecule has 0 aliphatic carbocycles. The van der Waals surface area contributed by atoms with Crippen LogP contribution in [0.4, 0.5) is 0 Å². The second kappa shape index (κ2) is 6.00. The van der Waals surface area contributed by atoms with Crippen LogP contribution in [0.2, 0.25) is 5.02 Å². The van der Waals surface area contributed by atoms with E-state index < -0.39 is 0 Å². The van der Waals surface area contributed by atoms with Gasteiger partial charge in [-0.25, -0.2) is 0 Å². The number of ketones is 1. The topological polar surface area (TPSA) is 17.1 Å². The first-order valence-electron chi connectivity index (χ1n) is 5.29. The molecule has 0 fully saturated rings. The number of benzene rings is 2. The van der Waals surface area contributed by atoms with Crippen LogP contribution in [-0.4, -0.2) is 5.78 Å². The van der Waals surface area contributed by atoms with E-state index in [-0.39, 0.29) is 5.78 Å². The molecule has 0 atom stereocenters. The molecule has 0 saturated carbocycles. The maximum absolute atomic E-state index is 12.2. The van der Waals surface area contributed by atoms with Crippen molar-refractivity contribution in [1.29, 1.82) is 0 Å². The van der Waals surface area contributed by atoms with E-state index >= 15 is 0 Å². The van der Waals surface area contributed by atoms with E-state index in [0.29, 0.717) is 17.0 Å². The first-order valence-corrected chi connectivity index (χ1v) is 7.25. The number of carbonyl (C=O) groups excluding carboxylic acids is 1. The van der Waals surface area contributed by atoms with E-state index in [1.807, 2.05) is 36.4 Å². The largest absolute Gasteiger partial charge is 0.294 e. The highest BCUT2D eigenvalue weighted by Crippen LogP contribution is 2.23. The van der Waals surface area contributed by atoms with Gasteiger partial charge in [0.25, 0.3) is 0 Å². The summed E-state index contributed by atoms with van der Waals surface area (Å²) in [6, 6.07) is 12.9. The molecule has 0 saturated heterocycles. The number of hydrogen-bond donors (Lipinski definition) is 0. The molecule has 2 aromatic carbocycles. The predicted octanol–water partition coefficient (Wildman–Crippen LogP) is 5.29. The van der Waals surface area contributed by atoms with Crippen LogP contribution in [0.25, 0.3) is 0 Å². The number of rotatable bonds is 3. The Kier molecular flexibility index (Phi) is 4.60. The van der Waals surface area contributed by atoms with Crippen molar-refractivity contribution in [2.45, 2.75) is 6.42 Å². The highest BCUT2D eigenvalue weighted by atomic mass is 79.9. The molecular formula is C14H9Br2ClO. The maximum atomic E-state index is 12.2.